The standard InChI is InChI=1S/C16H14N6O/c1-2-4-12-10(7-17)14(11-8-18-20-16(11)19-12)9-5-3-6-13-15(9)22-23-21-13/h3,5-6,8,14H,2,4H2,1H3,(H2,18,19,20). The molecule has 0 bridgehead atoms. The predicted molar refractivity (Wildman–Crippen MR) is 83.4 cm³/mol. The second-order valence-corrected chi connectivity index (χ2v) is 5.49. The van der Waals surface area contributed by atoms with E-state index < -0.39 is 0 Å². The quantitative estimate of drug-likeness (QED) is 0.770. The molecule has 3 aromatic rings. The summed E-state index contributed by atoms with van der Waals surface area (Å²) in [6, 6.07) is 8.07. The van der Waals surface area contributed by atoms with Gasteiger partial charge in [-0.1, -0.05) is 25.5 Å². The summed E-state index contributed by atoms with van der Waals surface area (Å²) < 4.78 is 4.87. The molecule has 0 saturated carbocycles. The molecule has 114 valence electrons. The number of nitrogens with zero attached hydrogens (tertiary/aromatic N) is 4. The number of H-pyrrole nitrogens is 1. The highest BCUT2D eigenvalue weighted by molar-refractivity contribution is 5.80. The highest BCUT2D eigenvalue weighted by atomic mass is 16.6. The van der Waals surface area contributed by atoms with Crippen LogP contribution in [0, 0.1) is 11.3 Å². The molecule has 1 unspecified atom stereocenters. The topological polar surface area (TPSA) is 103 Å². The van der Waals surface area contributed by atoms with Crippen LogP contribution < -0.4 is 5.32 Å². The third kappa shape index (κ3) is 1.99. The van der Waals surface area contributed by atoms with E-state index in [2.05, 4.69) is 38.8 Å². The van der Waals surface area contributed by atoms with Crippen LogP contribution in [0.15, 0.2) is 40.3 Å². The molecular formula is C16H14N6O. The van der Waals surface area contributed by atoms with Crippen molar-refractivity contribution in [3.8, 4) is 6.07 Å². The van der Waals surface area contributed by atoms with Gasteiger partial charge in [0.1, 0.15) is 16.9 Å². The average molecular weight is 306 g/mol. The fraction of sp³-hybridized carbons (Fsp3) is 0.250. The first-order chi connectivity index (χ1) is 11.3. The molecule has 7 heteroatoms. The number of nitrogens with one attached hydrogen (secondary N) is 2. The molecule has 1 aliphatic rings. The highest BCUT2D eigenvalue weighted by Gasteiger charge is 2.32. The molecule has 2 aromatic heterocycles. The Morgan fingerprint density at radius 1 is 1.30 bits per heavy atom. The van der Waals surface area contributed by atoms with Crippen LogP contribution in [0.4, 0.5) is 5.82 Å². The van der Waals surface area contributed by atoms with Crippen molar-refractivity contribution >= 4 is 16.9 Å². The van der Waals surface area contributed by atoms with Gasteiger partial charge in [-0.25, -0.2) is 4.63 Å². The summed E-state index contributed by atoms with van der Waals surface area (Å²) in [4.78, 5) is 0. The van der Waals surface area contributed by atoms with Gasteiger partial charge in [-0.2, -0.15) is 10.4 Å². The van der Waals surface area contributed by atoms with Crippen molar-refractivity contribution in [1.82, 2.24) is 20.5 Å². The maximum Gasteiger partial charge on any atom is 0.139 e. The zero-order chi connectivity index (χ0) is 15.8. The number of hydrogen-bond acceptors (Lipinski definition) is 6. The van der Waals surface area contributed by atoms with Crippen molar-refractivity contribution < 1.29 is 4.63 Å². The first kappa shape index (κ1) is 13.5. The summed E-state index contributed by atoms with van der Waals surface area (Å²) in [5.41, 5.74) is 4.80. The summed E-state index contributed by atoms with van der Waals surface area (Å²) in [7, 11) is 0. The van der Waals surface area contributed by atoms with E-state index in [0.29, 0.717) is 16.6 Å². The van der Waals surface area contributed by atoms with Crippen molar-refractivity contribution in [3.05, 3.63) is 46.8 Å². The van der Waals surface area contributed by atoms with Gasteiger partial charge >= 0.3 is 0 Å². The van der Waals surface area contributed by atoms with Gasteiger partial charge in [0, 0.05) is 11.3 Å². The van der Waals surface area contributed by atoms with Crippen molar-refractivity contribution in [3.63, 3.8) is 0 Å². The fourth-order valence-electron chi connectivity index (χ4n) is 3.12. The Morgan fingerprint density at radius 3 is 3.04 bits per heavy atom. The lowest BCUT2D eigenvalue weighted by molar-refractivity contribution is 0.315. The molecule has 0 aliphatic carbocycles. The van der Waals surface area contributed by atoms with E-state index in [-0.39, 0.29) is 5.92 Å². The molecule has 0 spiro atoms. The summed E-state index contributed by atoms with van der Waals surface area (Å²) >= 11 is 0. The Morgan fingerprint density at radius 2 is 2.22 bits per heavy atom. The predicted octanol–water partition coefficient (Wildman–Crippen LogP) is 3.08. The van der Waals surface area contributed by atoms with E-state index in [9.17, 15) is 5.26 Å². The van der Waals surface area contributed by atoms with E-state index in [4.69, 9.17) is 4.63 Å². The van der Waals surface area contributed by atoms with Gasteiger partial charge in [-0.15, -0.1) is 0 Å². The average Bonchev–Trinajstić information content (AvgIpc) is 3.22. The number of allylic oxidation sites excluding steroid dienone is 2. The van der Waals surface area contributed by atoms with Gasteiger partial charge in [-0.05, 0) is 28.4 Å². The molecule has 1 aliphatic heterocycles. The first-order valence-corrected chi connectivity index (χ1v) is 7.48. The second-order valence-electron chi connectivity index (χ2n) is 5.49. The minimum absolute atomic E-state index is 0.229. The largest absolute Gasteiger partial charge is 0.343 e. The number of anilines is 1. The molecule has 4 rings (SSSR count). The zero-order valence-corrected chi connectivity index (χ0v) is 12.5. The number of fused-ring (bicyclic) bond motifs is 2. The highest BCUT2D eigenvalue weighted by Crippen LogP contribution is 2.42. The summed E-state index contributed by atoms with van der Waals surface area (Å²) in [5, 5.41) is 28.1. The molecule has 2 N–H and O–H groups in total. The van der Waals surface area contributed by atoms with Gasteiger partial charge in [-0.3, -0.25) is 5.10 Å². The smallest absolute Gasteiger partial charge is 0.139 e. The van der Waals surface area contributed by atoms with Crippen LogP contribution in [0.3, 0.4) is 0 Å². The molecule has 1 aromatic carbocycles. The zero-order valence-electron chi connectivity index (χ0n) is 12.5. The third-order valence-corrected chi connectivity index (χ3v) is 4.12. The molecule has 0 radical (unpaired) electrons. The Kier molecular flexibility index (Phi) is 3.08. The molecular weight excluding hydrogens is 292 g/mol. The van der Waals surface area contributed by atoms with Gasteiger partial charge < -0.3 is 5.32 Å². The Hall–Kier alpha value is -3.14. The lowest BCUT2D eigenvalue weighted by atomic mass is 9.82. The fourth-order valence-corrected chi connectivity index (χ4v) is 3.12. The SMILES string of the molecule is CCCC1=C(C#N)C(c2cccc3nonc23)c2cn[nH]c2N1. The van der Waals surface area contributed by atoms with E-state index in [0.717, 1.165) is 35.5 Å². The minimum Gasteiger partial charge on any atom is -0.343 e. The van der Waals surface area contributed by atoms with Crippen LogP contribution in [0.25, 0.3) is 11.0 Å². The Bertz CT molecular complexity index is 945. The molecule has 7 nitrogen and oxygen atoms in total. The monoisotopic (exact) mass is 306 g/mol. The lowest BCUT2D eigenvalue weighted by Gasteiger charge is -2.26. The Balaban J connectivity index is 1.98. The van der Waals surface area contributed by atoms with Gasteiger partial charge in [0.15, 0.2) is 0 Å². The van der Waals surface area contributed by atoms with Gasteiger partial charge in [0.2, 0.25) is 0 Å². The van der Waals surface area contributed by atoms with Crippen molar-refractivity contribution in [2.75, 3.05) is 5.32 Å². The normalized spacial score (nSPS) is 17.0. The molecule has 3 heterocycles. The first-order valence-electron chi connectivity index (χ1n) is 7.48. The van der Waals surface area contributed by atoms with Crippen LogP contribution in [-0.2, 0) is 0 Å². The van der Waals surface area contributed by atoms with Crippen molar-refractivity contribution in [2.24, 2.45) is 0 Å². The van der Waals surface area contributed by atoms with Crippen molar-refractivity contribution in [2.45, 2.75) is 25.7 Å². The Labute approximate surface area is 132 Å². The number of aromatic amines is 1. The molecule has 1 atom stereocenters. The lowest BCUT2D eigenvalue weighted by Crippen LogP contribution is -2.18. The van der Waals surface area contributed by atoms with Crippen LogP contribution >= 0.6 is 0 Å². The summed E-state index contributed by atoms with van der Waals surface area (Å²) in [6.07, 6.45) is 3.49. The van der Waals surface area contributed by atoms with Crippen LogP contribution in [0.1, 0.15) is 36.8 Å². The third-order valence-electron chi connectivity index (χ3n) is 4.12. The molecule has 0 saturated heterocycles. The van der Waals surface area contributed by atoms with E-state index >= 15 is 0 Å². The maximum absolute atomic E-state index is 9.77. The van der Waals surface area contributed by atoms with Gasteiger partial charge in [0.25, 0.3) is 0 Å². The maximum atomic E-state index is 9.77. The number of hydrogen-bond donors (Lipinski definition) is 2. The van der Waals surface area contributed by atoms with Crippen LogP contribution in [0.2, 0.25) is 0 Å². The summed E-state index contributed by atoms with van der Waals surface area (Å²) in [5.74, 6) is 0.595. The number of nitriles is 1. The van der Waals surface area contributed by atoms with E-state index in [1.165, 1.54) is 0 Å². The van der Waals surface area contributed by atoms with Crippen LogP contribution in [-0.4, -0.2) is 20.5 Å². The van der Waals surface area contributed by atoms with Crippen LogP contribution in [0.5, 0.6) is 0 Å². The van der Waals surface area contributed by atoms with Gasteiger partial charge in [0.05, 0.1) is 23.8 Å². The number of rotatable bonds is 3. The summed E-state index contributed by atoms with van der Waals surface area (Å²) in [6.45, 7) is 2.09. The number of benzene rings is 1. The van der Waals surface area contributed by atoms with Crippen molar-refractivity contribution in [1.29, 1.82) is 5.26 Å². The minimum atomic E-state index is -0.229. The molecule has 23 heavy (non-hydrogen) atoms. The number of aromatic nitrogens is 4. The molecule has 0 amide bonds. The van der Waals surface area contributed by atoms with E-state index in [1.807, 2.05) is 18.2 Å². The molecule has 0 fully saturated rings. The second kappa shape index (κ2) is 5.25. The van der Waals surface area contributed by atoms with E-state index in [1.54, 1.807) is 6.20 Å².